The minimum atomic E-state index is -0.0682. The second kappa shape index (κ2) is 6.53. The molecule has 0 aromatic heterocycles. The van der Waals surface area contributed by atoms with Crippen LogP contribution in [0.1, 0.15) is 12.0 Å². The molecule has 6 heteroatoms. The molecule has 1 aromatic rings. The van der Waals surface area contributed by atoms with Gasteiger partial charge in [-0.1, -0.05) is 35.3 Å². The summed E-state index contributed by atoms with van der Waals surface area (Å²) in [5.74, 6) is -0.0682. The van der Waals surface area contributed by atoms with Crippen molar-refractivity contribution in [3.63, 3.8) is 0 Å². The van der Waals surface area contributed by atoms with Gasteiger partial charge in [0, 0.05) is 39.1 Å². The van der Waals surface area contributed by atoms with Crippen molar-refractivity contribution in [2.75, 3.05) is 32.8 Å². The van der Waals surface area contributed by atoms with Gasteiger partial charge in [0.25, 0.3) is 0 Å². The number of piperazine rings is 1. The van der Waals surface area contributed by atoms with Crippen molar-refractivity contribution in [2.24, 2.45) is 0 Å². The highest BCUT2D eigenvalue weighted by Gasteiger charge is 2.33. The second-order valence-corrected chi connectivity index (χ2v) is 6.28. The lowest BCUT2D eigenvalue weighted by molar-refractivity contribution is -0.142. The topological polar surface area (TPSA) is 32.8 Å². The van der Waals surface area contributed by atoms with Crippen LogP contribution in [0.25, 0.3) is 0 Å². The number of nitrogens with zero attached hydrogens (tertiary/aromatic N) is 2. The predicted molar refractivity (Wildman–Crippen MR) is 82.7 cm³/mol. The highest BCUT2D eigenvalue weighted by Crippen LogP contribution is 2.27. The first-order valence-electron chi connectivity index (χ1n) is 7.21. The number of carbonyl (C=O) groups is 1. The molecule has 2 aliphatic heterocycles. The Morgan fingerprint density at radius 2 is 1.95 bits per heavy atom. The summed E-state index contributed by atoms with van der Waals surface area (Å²) in [6.45, 7) is 4.97. The number of benzene rings is 1. The van der Waals surface area contributed by atoms with Crippen molar-refractivity contribution in [3.05, 3.63) is 33.8 Å². The molecular formula is C15H18Cl2N2O2. The largest absolute Gasteiger partial charge is 0.464 e. The summed E-state index contributed by atoms with van der Waals surface area (Å²) in [6.07, 6.45) is 0.818. The van der Waals surface area contributed by atoms with Gasteiger partial charge in [-0.25, -0.2) is 0 Å². The quantitative estimate of drug-likeness (QED) is 0.798. The Hall–Kier alpha value is -0.810. The monoisotopic (exact) mass is 328 g/mol. The maximum atomic E-state index is 11.6. The van der Waals surface area contributed by atoms with E-state index in [1.807, 2.05) is 12.1 Å². The van der Waals surface area contributed by atoms with E-state index in [-0.39, 0.29) is 12.0 Å². The first kappa shape index (κ1) is 15.1. The Kier molecular flexibility index (Phi) is 4.69. The Morgan fingerprint density at radius 3 is 2.62 bits per heavy atom. The molecule has 0 unspecified atom stereocenters. The maximum absolute atomic E-state index is 11.6. The highest BCUT2D eigenvalue weighted by atomic mass is 35.5. The fourth-order valence-electron chi connectivity index (χ4n) is 2.96. The number of ether oxygens (including phenoxy) is 1. The van der Waals surface area contributed by atoms with Gasteiger partial charge < -0.3 is 4.74 Å². The van der Waals surface area contributed by atoms with Crippen LogP contribution in [-0.2, 0) is 16.1 Å². The highest BCUT2D eigenvalue weighted by molar-refractivity contribution is 6.42. The molecule has 0 bridgehead atoms. The second-order valence-electron chi connectivity index (χ2n) is 5.50. The van der Waals surface area contributed by atoms with Gasteiger partial charge in [0.1, 0.15) is 6.04 Å². The van der Waals surface area contributed by atoms with Crippen molar-refractivity contribution < 1.29 is 9.53 Å². The standard InChI is InChI=1S/C15H18Cl2N2O2/c16-12-3-1-2-11(14(12)17)10-18-5-7-19(8-6-18)13-4-9-21-15(13)20/h1-3,13H,4-10H2/t13-/m0/s1. The van der Waals surface area contributed by atoms with Crippen LogP contribution in [0.3, 0.4) is 0 Å². The first-order valence-corrected chi connectivity index (χ1v) is 7.96. The molecule has 0 amide bonds. The number of hydrogen-bond donors (Lipinski definition) is 0. The number of hydrogen-bond acceptors (Lipinski definition) is 4. The summed E-state index contributed by atoms with van der Waals surface area (Å²) in [7, 11) is 0. The van der Waals surface area contributed by atoms with Crippen LogP contribution in [0, 0.1) is 0 Å². The average Bonchev–Trinajstić information content (AvgIpc) is 2.91. The lowest BCUT2D eigenvalue weighted by Gasteiger charge is -2.36. The minimum Gasteiger partial charge on any atom is -0.464 e. The minimum absolute atomic E-state index is 0.0399. The van der Waals surface area contributed by atoms with Crippen molar-refractivity contribution in [1.82, 2.24) is 9.80 Å². The number of cyclic esters (lactones) is 1. The molecule has 2 heterocycles. The van der Waals surface area contributed by atoms with Crippen LogP contribution in [0.4, 0.5) is 0 Å². The van der Waals surface area contributed by atoms with Gasteiger partial charge in [0.05, 0.1) is 16.7 Å². The van der Waals surface area contributed by atoms with Crippen molar-refractivity contribution in [3.8, 4) is 0 Å². The van der Waals surface area contributed by atoms with Gasteiger partial charge in [-0.2, -0.15) is 0 Å². The van der Waals surface area contributed by atoms with E-state index in [2.05, 4.69) is 9.80 Å². The van der Waals surface area contributed by atoms with Gasteiger partial charge in [-0.15, -0.1) is 0 Å². The molecule has 114 valence electrons. The zero-order valence-electron chi connectivity index (χ0n) is 11.7. The van der Waals surface area contributed by atoms with E-state index in [4.69, 9.17) is 27.9 Å². The molecule has 0 saturated carbocycles. The Balaban J connectivity index is 1.56. The summed E-state index contributed by atoms with van der Waals surface area (Å²) < 4.78 is 5.04. The molecule has 21 heavy (non-hydrogen) atoms. The fraction of sp³-hybridized carbons (Fsp3) is 0.533. The Morgan fingerprint density at radius 1 is 1.19 bits per heavy atom. The summed E-state index contributed by atoms with van der Waals surface area (Å²) in [5.41, 5.74) is 1.05. The van der Waals surface area contributed by atoms with Crippen LogP contribution in [-0.4, -0.2) is 54.6 Å². The fourth-order valence-corrected chi connectivity index (χ4v) is 3.34. The Labute approximate surface area is 134 Å². The molecule has 0 spiro atoms. The summed E-state index contributed by atoms with van der Waals surface area (Å²) in [5, 5.41) is 1.24. The zero-order chi connectivity index (χ0) is 14.8. The average molecular weight is 329 g/mol. The maximum Gasteiger partial charge on any atom is 0.323 e. The van der Waals surface area contributed by atoms with E-state index in [1.54, 1.807) is 6.07 Å². The summed E-state index contributed by atoms with van der Waals surface area (Å²) in [4.78, 5) is 16.2. The molecule has 2 saturated heterocycles. The van der Waals surface area contributed by atoms with Crippen LogP contribution in [0.5, 0.6) is 0 Å². The van der Waals surface area contributed by atoms with E-state index < -0.39 is 0 Å². The smallest absolute Gasteiger partial charge is 0.323 e. The normalized spacial score (nSPS) is 24.3. The molecule has 0 N–H and O–H groups in total. The van der Waals surface area contributed by atoms with Gasteiger partial charge in [0.2, 0.25) is 0 Å². The molecular weight excluding hydrogens is 311 g/mol. The van der Waals surface area contributed by atoms with Gasteiger partial charge in [-0.3, -0.25) is 14.6 Å². The Bertz CT molecular complexity index is 530. The SMILES string of the molecule is O=C1OCC[C@@H]1N1CCN(Cc2cccc(Cl)c2Cl)CC1. The van der Waals surface area contributed by atoms with Gasteiger partial charge >= 0.3 is 5.97 Å². The van der Waals surface area contributed by atoms with Crippen LogP contribution in [0.15, 0.2) is 18.2 Å². The third kappa shape index (κ3) is 3.34. The van der Waals surface area contributed by atoms with Crippen LogP contribution < -0.4 is 0 Å². The molecule has 0 aliphatic carbocycles. The summed E-state index contributed by atoms with van der Waals surface area (Å²) in [6, 6.07) is 5.70. The third-order valence-corrected chi connectivity index (χ3v) is 5.04. The first-order chi connectivity index (χ1) is 10.1. The molecule has 4 nitrogen and oxygen atoms in total. The lowest BCUT2D eigenvalue weighted by Crippen LogP contribution is -2.51. The van der Waals surface area contributed by atoms with Crippen LogP contribution >= 0.6 is 23.2 Å². The van der Waals surface area contributed by atoms with E-state index in [9.17, 15) is 4.79 Å². The van der Waals surface area contributed by atoms with Crippen molar-refractivity contribution in [2.45, 2.75) is 19.0 Å². The van der Waals surface area contributed by atoms with E-state index in [1.165, 1.54) is 0 Å². The van der Waals surface area contributed by atoms with E-state index in [0.29, 0.717) is 16.7 Å². The van der Waals surface area contributed by atoms with Crippen molar-refractivity contribution in [1.29, 1.82) is 0 Å². The zero-order valence-corrected chi connectivity index (χ0v) is 13.2. The van der Waals surface area contributed by atoms with Gasteiger partial charge in [0.15, 0.2) is 0 Å². The molecule has 2 aliphatic rings. The molecule has 3 rings (SSSR count). The van der Waals surface area contributed by atoms with Crippen LogP contribution in [0.2, 0.25) is 10.0 Å². The predicted octanol–water partition coefficient (Wildman–Crippen LogP) is 2.43. The molecule has 1 atom stereocenters. The van der Waals surface area contributed by atoms with E-state index in [0.717, 1.165) is 44.7 Å². The van der Waals surface area contributed by atoms with Gasteiger partial charge in [-0.05, 0) is 11.6 Å². The summed E-state index contributed by atoms with van der Waals surface area (Å²) >= 11 is 12.3. The van der Waals surface area contributed by atoms with Crippen molar-refractivity contribution >= 4 is 29.2 Å². The lowest BCUT2D eigenvalue weighted by atomic mass is 10.1. The molecule has 0 radical (unpaired) electrons. The number of halogens is 2. The number of esters is 1. The third-order valence-electron chi connectivity index (χ3n) is 4.18. The number of carbonyl (C=O) groups excluding carboxylic acids is 1. The molecule has 2 fully saturated rings. The molecule has 1 aromatic carbocycles. The van der Waals surface area contributed by atoms with E-state index >= 15 is 0 Å². The number of rotatable bonds is 3.